The molecule has 0 saturated heterocycles. The van der Waals surface area contributed by atoms with Crippen molar-refractivity contribution in [2.24, 2.45) is 0 Å². The second-order valence-corrected chi connectivity index (χ2v) is 7.19. The van der Waals surface area contributed by atoms with Crippen LogP contribution in [-0.4, -0.2) is 39.7 Å². The highest BCUT2D eigenvalue weighted by molar-refractivity contribution is 7.91. The average molecular weight is 299 g/mol. The van der Waals surface area contributed by atoms with Crippen LogP contribution in [0.3, 0.4) is 0 Å². The van der Waals surface area contributed by atoms with E-state index in [1.807, 2.05) is 18.2 Å². The van der Waals surface area contributed by atoms with Gasteiger partial charge in [-0.05, 0) is 24.9 Å². The fourth-order valence-electron chi connectivity index (χ4n) is 1.76. The standard InChI is InChI=1S/C15H25NO3S/c1-2-20(17,18)13-7-12-19-11-6-10-16-14-15-8-4-3-5-9-15/h3-5,8-9,16H,2,6-7,10-14H2,1H3. The van der Waals surface area contributed by atoms with Gasteiger partial charge in [0.25, 0.3) is 0 Å². The molecule has 0 spiro atoms. The Bertz CT molecular complexity index is 445. The van der Waals surface area contributed by atoms with E-state index in [-0.39, 0.29) is 11.5 Å². The number of sulfone groups is 1. The fourth-order valence-corrected chi connectivity index (χ4v) is 2.60. The number of benzene rings is 1. The Morgan fingerprint density at radius 1 is 1.10 bits per heavy atom. The highest BCUT2D eigenvalue weighted by Gasteiger charge is 2.05. The average Bonchev–Trinajstić information content (AvgIpc) is 2.46. The number of hydrogen-bond donors (Lipinski definition) is 1. The Morgan fingerprint density at radius 2 is 1.80 bits per heavy atom. The Kier molecular flexibility index (Phi) is 8.49. The molecule has 0 atom stereocenters. The Morgan fingerprint density at radius 3 is 2.50 bits per heavy atom. The van der Waals surface area contributed by atoms with Gasteiger partial charge in [0, 0.05) is 25.5 Å². The first kappa shape index (κ1) is 17.1. The summed E-state index contributed by atoms with van der Waals surface area (Å²) in [5.74, 6) is 0.451. The summed E-state index contributed by atoms with van der Waals surface area (Å²) in [6.45, 7) is 4.65. The number of hydrogen-bond acceptors (Lipinski definition) is 4. The van der Waals surface area contributed by atoms with Crippen LogP contribution in [0.5, 0.6) is 0 Å². The van der Waals surface area contributed by atoms with Crippen LogP contribution < -0.4 is 5.32 Å². The van der Waals surface area contributed by atoms with Crippen LogP contribution in [0.4, 0.5) is 0 Å². The molecule has 1 rings (SSSR count). The molecule has 114 valence electrons. The number of nitrogens with one attached hydrogen (secondary N) is 1. The Labute approximate surface area is 122 Å². The van der Waals surface area contributed by atoms with E-state index in [9.17, 15) is 8.42 Å². The predicted octanol–water partition coefficient (Wildman–Crippen LogP) is 2.01. The van der Waals surface area contributed by atoms with Gasteiger partial charge in [0.1, 0.15) is 9.84 Å². The maximum atomic E-state index is 11.2. The minimum Gasteiger partial charge on any atom is -0.381 e. The fraction of sp³-hybridized carbons (Fsp3) is 0.600. The molecule has 0 aromatic heterocycles. The van der Waals surface area contributed by atoms with Crippen molar-refractivity contribution in [3.05, 3.63) is 35.9 Å². The van der Waals surface area contributed by atoms with Crippen LogP contribution in [0.1, 0.15) is 25.3 Å². The normalized spacial score (nSPS) is 11.7. The van der Waals surface area contributed by atoms with Gasteiger partial charge in [0.15, 0.2) is 0 Å². The number of ether oxygens (including phenoxy) is 1. The summed E-state index contributed by atoms with van der Waals surface area (Å²) in [7, 11) is -2.84. The molecule has 0 fully saturated rings. The van der Waals surface area contributed by atoms with Crippen molar-refractivity contribution in [3.63, 3.8) is 0 Å². The molecule has 5 heteroatoms. The van der Waals surface area contributed by atoms with Gasteiger partial charge in [-0.3, -0.25) is 0 Å². The molecule has 1 N–H and O–H groups in total. The van der Waals surface area contributed by atoms with Crippen molar-refractivity contribution in [3.8, 4) is 0 Å². The lowest BCUT2D eigenvalue weighted by Crippen LogP contribution is -2.17. The van der Waals surface area contributed by atoms with E-state index in [0.29, 0.717) is 19.6 Å². The molecule has 0 unspecified atom stereocenters. The van der Waals surface area contributed by atoms with Crippen LogP contribution in [0.15, 0.2) is 30.3 Å². The third kappa shape index (κ3) is 8.30. The lowest BCUT2D eigenvalue weighted by atomic mass is 10.2. The summed E-state index contributed by atoms with van der Waals surface area (Å²) in [6, 6.07) is 10.3. The maximum absolute atomic E-state index is 11.2. The van der Waals surface area contributed by atoms with E-state index >= 15 is 0 Å². The SMILES string of the molecule is CCS(=O)(=O)CCCOCCCNCc1ccccc1. The third-order valence-corrected chi connectivity index (χ3v) is 4.79. The molecule has 20 heavy (non-hydrogen) atoms. The summed E-state index contributed by atoms with van der Waals surface area (Å²) < 4.78 is 27.9. The smallest absolute Gasteiger partial charge is 0.150 e. The van der Waals surface area contributed by atoms with Crippen LogP contribution in [0.25, 0.3) is 0 Å². The summed E-state index contributed by atoms with van der Waals surface area (Å²) >= 11 is 0. The molecule has 0 heterocycles. The van der Waals surface area contributed by atoms with Gasteiger partial charge < -0.3 is 10.1 Å². The van der Waals surface area contributed by atoms with Crippen molar-refractivity contribution in [1.29, 1.82) is 0 Å². The van der Waals surface area contributed by atoms with Crippen molar-refractivity contribution < 1.29 is 13.2 Å². The molecule has 0 aliphatic rings. The summed E-state index contributed by atoms with van der Waals surface area (Å²) in [4.78, 5) is 0. The third-order valence-electron chi connectivity index (χ3n) is 3.00. The zero-order chi connectivity index (χ0) is 14.7. The Balaban J connectivity index is 1.90. The van der Waals surface area contributed by atoms with E-state index in [1.165, 1.54) is 5.56 Å². The summed E-state index contributed by atoms with van der Waals surface area (Å²) in [5.41, 5.74) is 1.28. The molecule has 0 radical (unpaired) electrons. The molecule has 0 aliphatic heterocycles. The van der Waals surface area contributed by atoms with E-state index < -0.39 is 9.84 Å². The molecule has 1 aromatic rings. The molecular formula is C15H25NO3S. The van der Waals surface area contributed by atoms with Crippen LogP contribution >= 0.6 is 0 Å². The topological polar surface area (TPSA) is 55.4 Å². The first-order chi connectivity index (χ1) is 9.64. The summed E-state index contributed by atoms with van der Waals surface area (Å²) in [6.07, 6.45) is 1.53. The molecule has 1 aromatic carbocycles. The largest absolute Gasteiger partial charge is 0.381 e. The minimum atomic E-state index is -2.84. The monoisotopic (exact) mass is 299 g/mol. The van der Waals surface area contributed by atoms with Gasteiger partial charge in [-0.15, -0.1) is 0 Å². The van der Waals surface area contributed by atoms with Crippen molar-refractivity contribution in [2.75, 3.05) is 31.3 Å². The quantitative estimate of drug-likeness (QED) is 0.635. The predicted molar refractivity (Wildman–Crippen MR) is 82.5 cm³/mol. The lowest BCUT2D eigenvalue weighted by Gasteiger charge is -2.06. The van der Waals surface area contributed by atoms with Gasteiger partial charge in [-0.1, -0.05) is 37.3 Å². The highest BCUT2D eigenvalue weighted by atomic mass is 32.2. The number of rotatable bonds is 11. The summed E-state index contributed by atoms with van der Waals surface area (Å²) in [5, 5.41) is 3.35. The molecule has 4 nitrogen and oxygen atoms in total. The van der Waals surface area contributed by atoms with Gasteiger partial charge in [0.05, 0.1) is 5.75 Å². The van der Waals surface area contributed by atoms with Crippen molar-refractivity contribution in [1.82, 2.24) is 5.32 Å². The van der Waals surface area contributed by atoms with Gasteiger partial charge in [-0.2, -0.15) is 0 Å². The zero-order valence-electron chi connectivity index (χ0n) is 12.2. The van der Waals surface area contributed by atoms with E-state index in [2.05, 4.69) is 17.4 Å². The minimum absolute atomic E-state index is 0.219. The molecule has 0 bridgehead atoms. The van der Waals surface area contributed by atoms with E-state index in [1.54, 1.807) is 6.92 Å². The second-order valence-electron chi connectivity index (χ2n) is 4.72. The molecular weight excluding hydrogens is 274 g/mol. The molecule has 0 saturated carbocycles. The molecule has 0 amide bonds. The van der Waals surface area contributed by atoms with Gasteiger partial charge in [0.2, 0.25) is 0 Å². The van der Waals surface area contributed by atoms with Crippen LogP contribution in [-0.2, 0) is 21.1 Å². The van der Waals surface area contributed by atoms with E-state index in [4.69, 9.17) is 4.74 Å². The van der Waals surface area contributed by atoms with Crippen molar-refractivity contribution >= 4 is 9.84 Å². The highest BCUT2D eigenvalue weighted by Crippen LogP contribution is 1.97. The first-order valence-electron chi connectivity index (χ1n) is 7.17. The van der Waals surface area contributed by atoms with Gasteiger partial charge >= 0.3 is 0 Å². The van der Waals surface area contributed by atoms with Crippen LogP contribution in [0.2, 0.25) is 0 Å². The maximum Gasteiger partial charge on any atom is 0.150 e. The lowest BCUT2D eigenvalue weighted by molar-refractivity contribution is 0.132. The van der Waals surface area contributed by atoms with Crippen molar-refractivity contribution in [2.45, 2.75) is 26.3 Å². The van der Waals surface area contributed by atoms with Crippen LogP contribution in [0, 0.1) is 0 Å². The Hall–Kier alpha value is -0.910. The van der Waals surface area contributed by atoms with Gasteiger partial charge in [-0.25, -0.2) is 8.42 Å². The zero-order valence-corrected chi connectivity index (χ0v) is 13.0. The molecule has 0 aliphatic carbocycles. The van der Waals surface area contributed by atoms with E-state index in [0.717, 1.165) is 19.5 Å². The first-order valence-corrected chi connectivity index (χ1v) is 8.99. The second kappa shape index (κ2) is 9.91.